The molecule has 0 bridgehead atoms. The second-order valence-corrected chi connectivity index (χ2v) is 16.5. The van der Waals surface area contributed by atoms with E-state index in [1.54, 1.807) is 6.07 Å². The van der Waals surface area contributed by atoms with Crippen molar-refractivity contribution in [2.24, 2.45) is 5.92 Å². The summed E-state index contributed by atoms with van der Waals surface area (Å²) >= 11 is 7.89. The molecule has 3 unspecified atom stereocenters. The third kappa shape index (κ3) is 4.44. The topological polar surface area (TPSA) is 134 Å². The first kappa shape index (κ1) is 30.9. The van der Waals surface area contributed by atoms with Gasteiger partial charge in [0.25, 0.3) is 0 Å². The molecule has 10 rings (SSSR count). The van der Waals surface area contributed by atoms with E-state index in [0.717, 1.165) is 68.9 Å². The Bertz CT molecular complexity index is 2190. The number of likely N-dealkylation sites (tertiary alicyclic amines) is 1. The molecule has 5 aliphatic heterocycles. The van der Waals surface area contributed by atoms with Gasteiger partial charge >= 0.3 is 6.01 Å². The zero-order valence-electron chi connectivity index (χ0n) is 27.3. The standard InChI is InChI=1S/C36H35ClF2N8O2S/c37-22-12-20-29(28(39)27(22)19-3-4-23(38)30-26(19)21(14-40)31(41)50-30)43-34(49-17-36-6-2-8-46(36)25-11-18(25)13-36)44-32(20)45-10-7-35(16-45)5-1-9-47(35)33(48)24-15-42-24/h3-4,12,18,24-25,42H,1-2,5-11,13,15-17,41H2/t18?,24-,25?,35?,36-/m1/s1. The SMILES string of the molecule is N#Cc1c(N)sc2c(F)ccc(-c3c(Cl)cc4c(N5CCC6(CCCN6C(=O)[C@H]6CN6)C5)nc(OC[C@]56CCCN5C5CC5C6)nc4c3F)c12. The van der Waals surface area contributed by atoms with Crippen LogP contribution in [0.4, 0.5) is 19.6 Å². The summed E-state index contributed by atoms with van der Waals surface area (Å²) in [6.07, 6.45) is 7.10. The van der Waals surface area contributed by atoms with Crippen molar-refractivity contribution in [2.75, 3.05) is 50.0 Å². The number of aromatic nitrogens is 2. The maximum absolute atomic E-state index is 17.2. The molecule has 5 atom stereocenters. The van der Waals surface area contributed by atoms with Crippen LogP contribution in [-0.4, -0.2) is 88.2 Å². The molecule has 4 aromatic rings. The van der Waals surface area contributed by atoms with E-state index in [9.17, 15) is 14.4 Å². The van der Waals surface area contributed by atoms with Gasteiger partial charge in [-0.3, -0.25) is 9.69 Å². The molecule has 14 heteroatoms. The number of rotatable bonds is 6. The Balaban J connectivity index is 1.10. The van der Waals surface area contributed by atoms with Gasteiger partial charge in [-0.05, 0) is 75.1 Å². The molecule has 0 radical (unpaired) electrons. The van der Waals surface area contributed by atoms with Crippen LogP contribution in [0, 0.1) is 28.9 Å². The van der Waals surface area contributed by atoms with Crippen molar-refractivity contribution in [1.82, 2.24) is 25.1 Å². The lowest BCUT2D eigenvalue weighted by Crippen LogP contribution is -2.51. The highest BCUT2D eigenvalue weighted by Crippen LogP contribution is 2.57. The maximum atomic E-state index is 17.2. The number of fused-ring (bicyclic) bond motifs is 5. The first-order valence-electron chi connectivity index (χ1n) is 17.5. The first-order valence-corrected chi connectivity index (χ1v) is 18.7. The summed E-state index contributed by atoms with van der Waals surface area (Å²) in [4.78, 5) is 29.7. The van der Waals surface area contributed by atoms with Gasteiger partial charge in [-0.15, -0.1) is 11.3 Å². The zero-order chi connectivity index (χ0) is 34.1. The molecular weight excluding hydrogens is 682 g/mol. The predicted octanol–water partition coefficient (Wildman–Crippen LogP) is 5.45. The van der Waals surface area contributed by atoms with Gasteiger partial charge in [-0.2, -0.15) is 15.2 Å². The number of carbonyl (C=O) groups excluding carboxylic acids is 1. The molecule has 2 aromatic carbocycles. The number of nitrogens with one attached hydrogen (secondary N) is 1. The van der Waals surface area contributed by atoms with E-state index in [4.69, 9.17) is 32.0 Å². The number of nitrogens with zero attached hydrogens (tertiary/aromatic N) is 6. The summed E-state index contributed by atoms with van der Waals surface area (Å²) in [5.74, 6) is 0.108. The van der Waals surface area contributed by atoms with Crippen molar-refractivity contribution in [3.63, 3.8) is 0 Å². The summed E-state index contributed by atoms with van der Waals surface area (Å²) in [6, 6.07) is 7.01. The zero-order valence-corrected chi connectivity index (χ0v) is 28.8. The number of hydrogen-bond donors (Lipinski definition) is 2. The number of thiophene rings is 1. The van der Waals surface area contributed by atoms with Crippen molar-refractivity contribution in [1.29, 1.82) is 5.26 Å². The molecule has 1 saturated carbocycles. The minimum absolute atomic E-state index is 0.00731. The van der Waals surface area contributed by atoms with E-state index in [0.29, 0.717) is 43.5 Å². The van der Waals surface area contributed by atoms with Crippen molar-refractivity contribution in [2.45, 2.75) is 68.1 Å². The fourth-order valence-electron chi connectivity index (χ4n) is 9.82. The molecule has 2 aromatic heterocycles. The van der Waals surface area contributed by atoms with Gasteiger partial charge in [0.15, 0.2) is 5.82 Å². The number of piperidine rings is 1. The van der Waals surface area contributed by atoms with E-state index in [-0.39, 0.29) is 71.4 Å². The lowest BCUT2D eigenvalue weighted by atomic mass is 9.93. The highest BCUT2D eigenvalue weighted by atomic mass is 35.5. The number of nitriles is 1. The minimum Gasteiger partial charge on any atom is -0.461 e. The Morgan fingerprint density at radius 2 is 2.04 bits per heavy atom. The predicted molar refractivity (Wildman–Crippen MR) is 187 cm³/mol. The van der Waals surface area contributed by atoms with Crippen LogP contribution in [-0.2, 0) is 4.79 Å². The van der Waals surface area contributed by atoms with Crippen LogP contribution in [0.15, 0.2) is 18.2 Å². The third-order valence-corrected chi connectivity index (χ3v) is 13.6. The van der Waals surface area contributed by atoms with Gasteiger partial charge in [-0.1, -0.05) is 17.7 Å². The molecule has 7 heterocycles. The molecule has 1 amide bonds. The number of anilines is 2. The molecule has 258 valence electrons. The molecular formula is C36H35ClF2N8O2S. The molecule has 10 nitrogen and oxygen atoms in total. The van der Waals surface area contributed by atoms with Crippen LogP contribution in [0.2, 0.25) is 5.02 Å². The fourth-order valence-corrected chi connectivity index (χ4v) is 11.1. The number of halogens is 3. The smallest absolute Gasteiger partial charge is 0.319 e. The maximum Gasteiger partial charge on any atom is 0.319 e. The number of amides is 1. The second kappa shape index (κ2) is 10.8. The first-order chi connectivity index (χ1) is 24.2. The lowest BCUT2D eigenvalue weighted by Gasteiger charge is -2.35. The molecule has 3 N–H and O–H groups in total. The van der Waals surface area contributed by atoms with E-state index >= 15 is 4.39 Å². The van der Waals surface area contributed by atoms with Gasteiger partial charge in [0.1, 0.15) is 34.8 Å². The van der Waals surface area contributed by atoms with Crippen LogP contribution in [0.25, 0.3) is 32.1 Å². The monoisotopic (exact) mass is 716 g/mol. The summed E-state index contributed by atoms with van der Waals surface area (Å²) in [6.45, 7) is 4.09. The van der Waals surface area contributed by atoms with Crippen molar-refractivity contribution < 1.29 is 18.3 Å². The van der Waals surface area contributed by atoms with E-state index in [1.807, 2.05) is 4.90 Å². The quantitative estimate of drug-likeness (QED) is 0.250. The lowest BCUT2D eigenvalue weighted by molar-refractivity contribution is -0.134. The number of carbonyl (C=O) groups is 1. The molecule has 6 aliphatic rings. The Kier molecular flexibility index (Phi) is 6.71. The summed E-state index contributed by atoms with van der Waals surface area (Å²) < 4.78 is 38.8. The third-order valence-electron chi connectivity index (χ3n) is 12.3. The van der Waals surface area contributed by atoms with Gasteiger partial charge < -0.3 is 25.6 Å². The van der Waals surface area contributed by atoms with Crippen LogP contribution in [0.5, 0.6) is 6.01 Å². The molecule has 6 fully saturated rings. The van der Waals surface area contributed by atoms with Crippen LogP contribution >= 0.6 is 22.9 Å². The van der Waals surface area contributed by atoms with Gasteiger partial charge in [0, 0.05) is 48.6 Å². The van der Waals surface area contributed by atoms with Gasteiger partial charge in [0.05, 0.1) is 32.4 Å². The Hall–Kier alpha value is -3.83. The number of benzene rings is 2. The minimum atomic E-state index is -0.711. The van der Waals surface area contributed by atoms with E-state index in [2.05, 4.69) is 21.2 Å². The van der Waals surface area contributed by atoms with Crippen LogP contribution < -0.4 is 20.7 Å². The highest BCUT2D eigenvalue weighted by Gasteiger charge is 2.61. The number of nitrogens with two attached hydrogens (primary N) is 1. The number of hydrogen-bond acceptors (Lipinski definition) is 10. The average molecular weight is 717 g/mol. The normalized spacial score (nSPS) is 29.7. The average Bonchev–Trinajstić information content (AvgIpc) is 3.82. The summed E-state index contributed by atoms with van der Waals surface area (Å²) in [7, 11) is 0. The molecule has 1 spiro atoms. The van der Waals surface area contributed by atoms with Gasteiger partial charge in [0.2, 0.25) is 5.91 Å². The summed E-state index contributed by atoms with van der Waals surface area (Å²) in [5, 5.41) is 14.0. The molecule has 5 saturated heterocycles. The Morgan fingerprint density at radius 3 is 2.86 bits per heavy atom. The molecule has 1 aliphatic carbocycles. The Labute approximate surface area is 296 Å². The van der Waals surface area contributed by atoms with Crippen molar-refractivity contribution in [3.05, 3.63) is 40.4 Å². The second-order valence-electron chi connectivity index (χ2n) is 15.1. The van der Waals surface area contributed by atoms with Crippen LogP contribution in [0.3, 0.4) is 0 Å². The van der Waals surface area contributed by atoms with Crippen LogP contribution in [0.1, 0.15) is 50.5 Å². The van der Waals surface area contributed by atoms with Crippen molar-refractivity contribution in [3.8, 4) is 23.2 Å². The van der Waals surface area contributed by atoms with Gasteiger partial charge in [-0.25, -0.2) is 8.78 Å². The summed E-state index contributed by atoms with van der Waals surface area (Å²) in [5.41, 5.74) is 6.11. The van der Waals surface area contributed by atoms with E-state index < -0.39 is 11.6 Å². The highest BCUT2D eigenvalue weighted by molar-refractivity contribution is 7.23. The fraction of sp³-hybridized carbons (Fsp3) is 0.500. The van der Waals surface area contributed by atoms with E-state index in [1.165, 1.54) is 18.6 Å². The van der Waals surface area contributed by atoms with Crippen molar-refractivity contribution >= 4 is 60.7 Å². The number of ether oxygens (including phenoxy) is 1. The largest absolute Gasteiger partial charge is 0.461 e. The Morgan fingerprint density at radius 1 is 1.20 bits per heavy atom. The molecule has 50 heavy (non-hydrogen) atoms. The number of nitrogen functional groups attached to an aromatic ring is 1.